The first-order chi connectivity index (χ1) is 12.6. The Morgan fingerprint density at radius 2 is 1.96 bits per heavy atom. The predicted octanol–water partition coefficient (Wildman–Crippen LogP) is 3.41. The van der Waals surface area contributed by atoms with Crippen LogP contribution in [0.5, 0.6) is 0 Å². The first kappa shape index (κ1) is 16.1. The molecule has 0 atom stereocenters. The highest BCUT2D eigenvalue weighted by Crippen LogP contribution is 2.21. The van der Waals surface area contributed by atoms with E-state index in [0.29, 0.717) is 23.4 Å². The van der Waals surface area contributed by atoms with Gasteiger partial charge in [0.1, 0.15) is 0 Å². The molecule has 0 aliphatic rings. The maximum atomic E-state index is 12.5. The van der Waals surface area contributed by atoms with Crippen LogP contribution < -0.4 is 10.9 Å². The Balaban J connectivity index is 1.66. The molecule has 6 nitrogen and oxygen atoms in total. The molecule has 1 amide bonds. The minimum atomic E-state index is -0.212. The number of carbonyl (C=O) groups excluding carboxylic acids is 1. The van der Waals surface area contributed by atoms with Crippen molar-refractivity contribution >= 4 is 33.4 Å². The number of rotatable bonds is 4. The predicted molar refractivity (Wildman–Crippen MR) is 102 cm³/mol. The number of aromatic amines is 2. The van der Waals surface area contributed by atoms with E-state index in [2.05, 4.69) is 15.3 Å². The summed E-state index contributed by atoms with van der Waals surface area (Å²) < 4.78 is 5.15. The third-order valence-corrected chi connectivity index (χ3v) is 4.30. The Morgan fingerprint density at radius 3 is 2.81 bits per heavy atom. The van der Waals surface area contributed by atoms with Crippen LogP contribution in [0.25, 0.3) is 21.8 Å². The number of methoxy groups -OCH3 is 1. The second-order valence-electron chi connectivity index (χ2n) is 6.09. The highest BCUT2D eigenvalue weighted by molar-refractivity contribution is 6.06. The summed E-state index contributed by atoms with van der Waals surface area (Å²) in [6, 6.07) is 14.4. The molecule has 130 valence electrons. The standard InChI is InChI=1S/C20H17N3O3/c1-26-11-14-9-19(24)23-18-10-15(4-5-16(14)18)22-20(25)13-3-2-12-6-7-21-17(12)8-13/h2-10,21H,11H2,1H3,(H,22,25)(H,23,24). The summed E-state index contributed by atoms with van der Waals surface area (Å²) in [5.41, 5.74) is 3.33. The topological polar surface area (TPSA) is 87.0 Å². The first-order valence-corrected chi connectivity index (χ1v) is 8.17. The number of anilines is 1. The lowest BCUT2D eigenvalue weighted by Gasteiger charge is -2.09. The quantitative estimate of drug-likeness (QED) is 0.529. The molecule has 2 aromatic heterocycles. The van der Waals surface area contributed by atoms with Crippen LogP contribution in [-0.2, 0) is 11.3 Å². The third kappa shape index (κ3) is 2.98. The normalized spacial score (nSPS) is 11.1. The molecule has 0 radical (unpaired) electrons. The fourth-order valence-electron chi connectivity index (χ4n) is 3.08. The van der Waals surface area contributed by atoms with Gasteiger partial charge in [-0.3, -0.25) is 9.59 Å². The fraction of sp³-hybridized carbons (Fsp3) is 0.100. The number of nitrogens with one attached hydrogen (secondary N) is 3. The van der Waals surface area contributed by atoms with Gasteiger partial charge >= 0.3 is 0 Å². The van der Waals surface area contributed by atoms with Crippen LogP contribution in [0.1, 0.15) is 15.9 Å². The lowest BCUT2D eigenvalue weighted by molar-refractivity contribution is 0.102. The molecule has 3 N–H and O–H groups in total. The second-order valence-corrected chi connectivity index (χ2v) is 6.09. The van der Waals surface area contributed by atoms with Crippen LogP contribution in [0.2, 0.25) is 0 Å². The van der Waals surface area contributed by atoms with Gasteiger partial charge in [-0.05, 0) is 41.3 Å². The SMILES string of the molecule is COCc1cc(=O)[nH]c2cc(NC(=O)c3ccc4cc[nH]c4c3)ccc12. The van der Waals surface area contributed by atoms with Crippen LogP contribution in [-0.4, -0.2) is 23.0 Å². The van der Waals surface area contributed by atoms with Crippen molar-refractivity contribution in [1.82, 2.24) is 9.97 Å². The zero-order valence-corrected chi connectivity index (χ0v) is 14.1. The Bertz CT molecular complexity index is 1170. The summed E-state index contributed by atoms with van der Waals surface area (Å²) >= 11 is 0. The molecule has 4 aromatic rings. The monoisotopic (exact) mass is 347 g/mol. The molecule has 2 aromatic carbocycles. The highest BCUT2D eigenvalue weighted by Gasteiger charge is 2.09. The fourth-order valence-corrected chi connectivity index (χ4v) is 3.08. The molecular weight excluding hydrogens is 330 g/mol. The van der Waals surface area contributed by atoms with Crippen molar-refractivity contribution in [2.24, 2.45) is 0 Å². The van der Waals surface area contributed by atoms with Gasteiger partial charge < -0.3 is 20.0 Å². The molecule has 6 heteroatoms. The van der Waals surface area contributed by atoms with E-state index in [1.165, 1.54) is 6.07 Å². The number of amides is 1. The number of hydrogen-bond donors (Lipinski definition) is 3. The average Bonchev–Trinajstić information content (AvgIpc) is 3.09. The number of benzene rings is 2. The third-order valence-electron chi connectivity index (χ3n) is 4.30. The lowest BCUT2D eigenvalue weighted by Crippen LogP contribution is -2.12. The lowest BCUT2D eigenvalue weighted by atomic mass is 10.1. The Morgan fingerprint density at radius 1 is 1.08 bits per heavy atom. The van der Waals surface area contributed by atoms with Crippen LogP contribution in [0.3, 0.4) is 0 Å². The van der Waals surface area contributed by atoms with Gasteiger partial charge in [-0.15, -0.1) is 0 Å². The highest BCUT2D eigenvalue weighted by atomic mass is 16.5. The molecule has 0 saturated carbocycles. The Kier molecular flexibility index (Phi) is 4.02. The zero-order chi connectivity index (χ0) is 18.1. The number of fused-ring (bicyclic) bond motifs is 2. The van der Waals surface area contributed by atoms with E-state index < -0.39 is 0 Å². The minimum absolute atomic E-state index is 0.203. The molecule has 0 spiro atoms. The van der Waals surface area contributed by atoms with Crippen molar-refractivity contribution in [3.8, 4) is 0 Å². The van der Waals surface area contributed by atoms with Gasteiger partial charge in [0, 0.05) is 41.5 Å². The Hall–Kier alpha value is -3.38. The number of carbonyl (C=O) groups is 1. The van der Waals surface area contributed by atoms with Gasteiger partial charge in [0.05, 0.1) is 12.1 Å². The van der Waals surface area contributed by atoms with Crippen molar-refractivity contribution in [2.45, 2.75) is 6.61 Å². The summed E-state index contributed by atoms with van der Waals surface area (Å²) in [7, 11) is 1.59. The van der Waals surface area contributed by atoms with Gasteiger partial charge in [0.15, 0.2) is 0 Å². The maximum absolute atomic E-state index is 12.5. The van der Waals surface area contributed by atoms with Crippen LogP contribution in [0.15, 0.2) is 59.5 Å². The van der Waals surface area contributed by atoms with Crippen molar-refractivity contribution in [3.63, 3.8) is 0 Å². The van der Waals surface area contributed by atoms with Crippen molar-refractivity contribution in [2.75, 3.05) is 12.4 Å². The van der Waals surface area contributed by atoms with Gasteiger partial charge in [-0.1, -0.05) is 12.1 Å². The number of ether oxygens (including phenoxy) is 1. The van der Waals surface area contributed by atoms with E-state index in [1.54, 1.807) is 19.2 Å². The van der Waals surface area contributed by atoms with Crippen LogP contribution >= 0.6 is 0 Å². The Labute approximate surface area is 148 Å². The largest absolute Gasteiger partial charge is 0.380 e. The van der Waals surface area contributed by atoms with E-state index in [4.69, 9.17) is 4.74 Å². The number of aromatic nitrogens is 2. The summed E-state index contributed by atoms with van der Waals surface area (Å²) in [5.74, 6) is -0.212. The van der Waals surface area contributed by atoms with Gasteiger partial charge in [0.25, 0.3) is 5.91 Å². The molecule has 0 unspecified atom stereocenters. The average molecular weight is 347 g/mol. The molecule has 2 heterocycles. The number of pyridine rings is 1. The zero-order valence-electron chi connectivity index (χ0n) is 14.1. The van der Waals surface area contributed by atoms with E-state index in [-0.39, 0.29) is 11.5 Å². The van der Waals surface area contributed by atoms with Crippen molar-refractivity contribution in [3.05, 3.63) is 76.2 Å². The smallest absolute Gasteiger partial charge is 0.255 e. The summed E-state index contributed by atoms with van der Waals surface area (Å²) in [4.78, 5) is 30.3. The van der Waals surface area contributed by atoms with E-state index in [0.717, 1.165) is 21.9 Å². The summed E-state index contributed by atoms with van der Waals surface area (Å²) in [5, 5.41) is 4.81. The van der Waals surface area contributed by atoms with Gasteiger partial charge in [0.2, 0.25) is 5.56 Å². The second kappa shape index (κ2) is 6.50. The molecular formula is C20H17N3O3. The minimum Gasteiger partial charge on any atom is -0.380 e. The van der Waals surface area contributed by atoms with Crippen molar-refractivity contribution in [1.29, 1.82) is 0 Å². The summed E-state index contributed by atoms with van der Waals surface area (Å²) in [6.45, 7) is 0.349. The number of H-pyrrole nitrogens is 2. The molecule has 0 aliphatic heterocycles. The molecule has 4 rings (SSSR count). The molecule has 0 fully saturated rings. The van der Waals surface area contributed by atoms with Gasteiger partial charge in [-0.2, -0.15) is 0 Å². The molecule has 0 aliphatic carbocycles. The van der Waals surface area contributed by atoms with E-state index in [1.807, 2.05) is 36.5 Å². The van der Waals surface area contributed by atoms with E-state index >= 15 is 0 Å². The summed E-state index contributed by atoms with van der Waals surface area (Å²) in [6.07, 6.45) is 1.84. The van der Waals surface area contributed by atoms with Crippen LogP contribution in [0.4, 0.5) is 5.69 Å². The van der Waals surface area contributed by atoms with Gasteiger partial charge in [-0.25, -0.2) is 0 Å². The van der Waals surface area contributed by atoms with E-state index in [9.17, 15) is 9.59 Å². The molecule has 0 saturated heterocycles. The number of hydrogen-bond acceptors (Lipinski definition) is 3. The molecule has 0 bridgehead atoms. The first-order valence-electron chi connectivity index (χ1n) is 8.17. The van der Waals surface area contributed by atoms with Crippen LogP contribution in [0, 0.1) is 0 Å². The maximum Gasteiger partial charge on any atom is 0.255 e. The molecule has 26 heavy (non-hydrogen) atoms. The van der Waals surface area contributed by atoms with Crippen molar-refractivity contribution < 1.29 is 9.53 Å².